The summed E-state index contributed by atoms with van der Waals surface area (Å²) in [6.45, 7) is 1.99. The monoisotopic (exact) mass is 170 g/mol. The van der Waals surface area contributed by atoms with Crippen LogP contribution in [0.4, 0.5) is 5.82 Å². The fraction of sp³-hybridized carbons (Fsp3) is 0.500. The van der Waals surface area contributed by atoms with Crippen LogP contribution in [-0.4, -0.2) is 16.0 Å². The predicted molar refractivity (Wildman–Crippen MR) is 46.3 cm³/mol. The molecule has 0 fully saturated rings. The number of rotatable bonds is 1. The van der Waals surface area contributed by atoms with Crippen molar-refractivity contribution in [2.24, 2.45) is 0 Å². The number of hydrogen-bond donors (Lipinski definition) is 2. The van der Waals surface area contributed by atoms with Gasteiger partial charge in [-0.1, -0.05) is 0 Å². The fourth-order valence-corrected chi connectivity index (χ4v) is 1.68. The lowest BCUT2D eigenvalue weighted by Gasteiger charge is -2.05. The van der Waals surface area contributed by atoms with Crippen molar-refractivity contribution in [2.45, 2.75) is 12.4 Å². The van der Waals surface area contributed by atoms with Crippen LogP contribution in [0, 0.1) is 6.92 Å². The Balaban J connectivity index is 2.37. The summed E-state index contributed by atoms with van der Waals surface area (Å²) in [5, 5.41) is 4.31. The van der Waals surface area contributed by atoms with Gasteiger partial charge < -0.3 is 5.43 Å². The van der Waals surface area contributed by atoms with E-state index in [2.05, 4.69) is 16.0 Å². The summed E-state index contributed by atoms with van der Waals surface area (Å²) in [5.74, 6) is 1.04. The second-order valence-electron chi connectivity index (χ2n) is 2.47. The fourth-order valence-electron chi connectivity index (χ4n) is 1.14. The number of hydrogen-bond acceptors (Lipinski definition) is 4. The minimum absolute atomic E-state index is 0.235. The summed E-state index contributed by atoms with van der Waals surface area (Å²) in [6.07, 6.45) is 2.05. The summed E-state index contributed by atoms with van der Waals surface area (Å²) in [7, 11) is 0. The first-order chi connectivity index (χ1) is 5.31. The lowest BCUT2D eigenvalue weighted by atomic mass is 10.5. The van der Waals surface area contributed by atoms with Gasteiger partial charge in [0.05, 0.1) is 5.69 Å². The van der Waals surface area contributed by atoms with Crippen molar-refractivity contribution < 1.29 is 0 Å². The van der Waals surface area contributed by atoms with Crippen LogP contribution in [0.15, 0.2) is 6.07 Å². The lowest BCUT2D eigenvalue weighted by molar-refractivity contribution is 0.597. The van der Waals surface area contributed by atoms with E-state index in [1.807, 2.05) is 23.9 Å². The maximum Gasteiger partial charge on any atom is 0.167 e. The molecule has 0 radical (unpaired) electrons. The predicted octanol–water partition coefficient (Wildman–Crippen LogP) is 0.941. The van der Waals surface area contributed by atoms with Crippen LogP contribution < -0.4 is 10.9 Å². The van der Waals surface area contributed by atoms with Crippen molar-refractivity contribution in [1.82, 2.24) is 15.2 Å². The van der Waals surface area contributed by atoms with E-state index >= 15 is 0 Å². The summed E-state index contributed by atoms with van der Waals surface area (Å²) >= 11 is 1.72. The molecule has 0 spiro atoms. The van der Waals surface area contributed by atoms with Gasteiger partial charge in [-0.05, 0) is 13.2 Å². The number of anilines is 1. The third kappa shape index (κ3) is 1.00. The van der Waals surface area contributed by atoms with Crippen molar-refractivity contribution in [1.29, 1.82) is 0 Å². The lowest BCUT2D eigenvalue weighted by Crippen LogP contribution is -2.19. The molecule has 4 nitrogen and oxygen atoms in total. The number of aryl methyl sites for hydroxylation is 1. The topological polar surface area (TPSA) is 41.9 Å². The minimum atomic E-state index is 0.235. The normalized spacial score (nSPS) is 21.5. The Labute approximate surface area is 69.3 Å². The average molecular weight is 170 g/mol. The summed E-state index contributed by atoms with van der Waals surface area (Å²) < 4.78 is 1.94. The average Bonchev–Trinajstić information content (AvgIpc) is 2.45. The Bertz CT molecular complexity index is 270. The SMILES string of the molecule is CSC1NNc2cc(C)nn21. The third-order valence-corrected chi connectivity index (χ3v) is 2.39. The van der Waals surface area contributed by atoms with E-state index in [4.69, 9.17) is 0 Å². The molecule has 2 N–H and O–H groups in total. The second kappa shape index (κ2) is 2.42. The highest BCUT2D eigenvalue weighted by atomic mass is 32.2. The van der Waals surface area contributed by atoms with Crippen molar-refractivity contribution in [2.75, 3.05) is 11.7 Å². The largest absolute Gasteiger partial charge is 0.303 e. The van der Waals surface area contributed by atoms with Gasteiger partial charge in [0.1, 0.15) is 5.82 Å². The Kier molecular flexibility index (Phi) is 1.54. The Morgan fingerprint density at radius 1 is 1.73 bits per heavy atom. The molecule has 1 unspecified atom stereocenters. The zero-order valence-electron chi connectivity index (χ0n) is 6.46. The second-order valence-corrected chi connectivity index (χ2v) is 3.39. The number of nitrogens with one attached hydrogen (secondary N) is 2. The van der Waals surface area contributed by atoms with Gasteiger partial charge >= 0.3 is 0 Å². The van der Waals surface area contributed by atoms with Crippen LogP contribution in [0.3, 0.4) is 0 Å². The molecule has 60 valence electrons. The number of thioether (sulfide) groups is 1. The zero-order chi connectivity index (χ0) is 7.84. The van der Waals surface area contributed by atoms with E-state index < -0.39 is 0 Å². The first-order valence-electron chi connectivity index (χ1n) is 3.42. The number of aromatic nitrogens is 2. The maximum absolute atomic E-state index is 4.31. The molecule has 0 saturated heterocycles. The molecule has 1 aromatic rings. The molecule has 0 bridgehead atoms. The molecular weight excluding hydrogens is 160 g/mol. The van der Waals surface area contributed by atoms with Crippen molar-refractivity contribution in [3.63, 3.8) is 0 Å². The molecule has 5 heteroatoms. The molecule has 11 heavy (non-hydrogen) atoms. The number of nitrogens with zero attached hydrogens (tertiary/aromatic N) is 2. The quantitative estimate of drug-likeness (QED) is 0.658. The van der Waals surface area contributed by atoms with E-state index in [1.165, 1.54) is 0 Å². The van der Waals surface area contributed by atoms with Gasteiger partial charge in [0, 0.05) is 6.07 Å². The molecule has 0 saturated carbocycles. The maximum atomic E-state index is 4.31. The van der Waals surface area contributed by atoms with E-state index in [-0.39, 0.29) is 5.50 Å². The summed E-state index contributed by atoms with van der Waals surface area (Å²) in [4.78, 5) is 0. The molecule has 1 aromatic heterocycles. The van der Waals surface area contributed by atoms with Gasteiger partial charge in [-0.25, -0.2) is 10.1 Å². The Hall–Kier alpha value is -0.680. The van der Waals surface area contributed by atoms with Crippen molar-refractivity contribution in [3.8, 4) is 0 Å². The van der Waals surface area contributed by atoms with Crippen LogP contribution in [-0.2, 0) is 0 Å². The highest BCUT2D eigenvalue weighted by Crippen LogP contribution is 2.26. The Morgan fingerprint density at radius 3 is 3.27 bits per heavy atom. The summed E-state index contributed by atoms with van der Waals surface area (Å²) in [6, 6.07) is 2.02. The summed E-state index contributed by atoms with van der Waals surface area (Å²) in [5.41, 5.74) is 7.43. The van der Waals surface area contributed by atoms with Crippen molar-refractivity contribution >= 4 is 17.6 Å². The molecular formula is C6H10N4S. The van der Waals surface area contributed by atoms with Crippen LogP contribution >= 0.6 is 11.8 Å². The van der Waals surface area contributed by atoms with Crippen molar-refractivity contribution in [3.05, 3.63) is 11.8 Å². The molecule has 2 rings (SSSR count). The highest BCUT2D eigenvalue weighted by Gasteiger charge is 2.20. The third-order valence-electron chi connectivity index (χ3n) is 1.63. The number of fused-ring (bicyclic) bond motifs is 1. The van der Waals surface area contributed by atoms with Gasteiger partial charge in [0.2, 0.25) is 0 Å². The van der Waals surface area contributed by atoms with E-state index in [9.17, 15) is 0 Å². The minimum Gasteiger partial charge on any atom is -0.303 e. The molecule has 0 aliphatic carbocycles. The van der Waals surface area contributed by atoms with E-state index in [1.54, 1.807) is 11.8 Å². The standard InChI is InChI=1S/C6H10N4S/c1-4-3-5-7-8-6(11-2)10(5)9-4/h3,6-8H,1-2H3. The molecule has 0 aromatic carbocycles. The van der Waals surface area contributed by atoms with Gasteiger partial charge in [-0.3, -0.25) is 0 Å². The molecule has 1 aliphatic heterocycles. The highest BCUT2D eigenvalue weighted by molar-refractivity contribution is 7.98. The zero-order valence-corrected chi connectivity index (χ0v) is 7.27. The van der Waals surface area contributed by atoms with Crippen LogP contribution in [0.2, 0.25) is 0 Å². The number of hydrazine groups is 1. The van der Waals surface area contributed by atoms with Gasteiger partial charge in [0.15, 0.2) is 5.50 Å². The Morgan fingerprint density at radius 2 is 2.55 bits per heavy atom. The first kappa shape index (κ1) is 7.00. The molecule has 1 atom stereocenters. The van der Waals surface area contributed by atoms with Crippen LogP contribution in [0.1, 0.15) is 11.2 Å². The van der Waals surface area contributed by atoms with E-state index in [0.717, 1.165) is 11.5 Å². The first-order valence-corrected chi connectivity index (χ1v) is 4.70. The molecule has 0 amide bonds. The van der Waals surface area contributed by atoms with Crippen LogP contribution in [0.5, 0.6) is 0 Å². The molecule has 1 aliphatic rings. The smallest absolute Gasteiger partial charge is 0.167 e. The van der Waals surface area contributed by atoms with E-state index in [0.29, 0.717) is 0 Å². The molecule has 2 heterocycles. The van der Waals surface area contributed by atoms with Gasteiger partial charge in [-0.15, -0.1) is 11.8 Å². The van der Waals surface area contributed by atoms with Gasteiger partial charge in [0.25, 0.3) is 0 Å². The van der Waals surface area contributed by atoms with Gasteiger partial charge in [-0.2, -0.15) is 5.10 Å². The van der Waals surface area contributed by atoms with Crippen LogP contribution in [0.25, 0.3) is 0 Å².